The van der Waals surface area contributed by atoms with Crippen molar-refractivity contribution in [1.82, 2.24) is 14.7 Å². The molecule has 2 N–H and O–H groups in total. The maximum atomic E-state index is 12.2. The van der Waals surface area contributed by atoms with Crippen LogP contribution in [0.15, 0.2) is 60.8 Å². The first-order chi connectivity index (χ1) is 14.0. The number of ether oxygens (including phenoxy) is 2. The Labute approximate surface area is 170 Å². The Hall–Kier alpha value is -3.52. The first kappa shape index (κ1) is 20.2. The van der Waals surface area contributed by atoms with E-state index in [2.05, 4.69) is 20.6 Å². The van der Waals surface area contributed by atoms with Crippen molar-refractivity contribution >= 4 is 17.5 Å². The molecule has 0 aliphatic rings. The molecule has 1 aromatic heterocycles. The first-order valence-corrected chi connectivity index (χ1v) is 9.20. The van der Waals surface area contributed by atoms with Crippen LogP contribution in [0.3, 0.4) is 0 Å². The van der Waals surface area contributed by atoms with Gasteiger partial charge in [0.25, 0.3) is 0 Å². The zero-order valence-electron chi connectivity index (χ0n) is 16.8. The number of hydrogen-bond donors (Lipinski definition) is 2. The second kappa shape index (κ2) is 9.61. The van der Waals surface area contributed by atoms with Gasteiger partial charge >= 0.3 is 6.03 Å². The number of methoxy groups -OCH3 is 1. The molecular weight excluding hydrogens is 370 g/mol. The van der Waals surface area contributed by atoms with Crippen molar-refractivity contribution in [2.75, 3.05) is 38.4 Å². The van der Waals surface area contributed by atoms with Crippen molar-refractivity contribution in [3.8, 4) is 17.2 Å². The number of benzene rings is 2. The summed E-state index contributed by atoms with van der Waals surface area (Å²) < 4.78 is 12.9. The second-order valence-corrected chi connectivity index (χ2v) is 6.62. The Morgan fingerprint density at radius 2 is 1.76 bits per heavy atom. The highest BCUT2D eigenvalue weighted by molar-refractivity contribution is 5.99. The second-order valence-electron chi connectivity index (χ2n) is 6.62. The number of para-hydroxylation sites is 2. The first-order valence-electron chi connectivity index (χ1n) is 9.20. The molecule has 152 valence electrons. The van der Waals surface area contributed by atoms with Gasteiger partial charge in [-0.05, 0) is 50.5 Å². The van der Waals surface area contributed by atoms with Crippen molar-refractivity contribution in [2.45, 2.75) is 6.54 Å². The van der Waals surface area contributed by atoms with Crippen molar-refractivity contribution in [3.63, 3.8) is 0 Å². The van der Waals surface area contributed by atoms with E-state index in [-0.39, 0.29) is 6.03 Å². The summed E-state index contributed by atoms with van der Waals surface area (Å²) >= 11 is 0. The van der Waals surface area contributed by atoms with Crippen LogP contribution in [0.4, 0.5) is 16.3 Å². The number of nitrogens with zero attached hydrogens (tertiary/aromatic N) is 3. The Morgan fingerprint density at radius 1 is 1.03 bits per heavy atom. The van der Waals surface area contributed by atoms with Gasteiger partial charge in [-0.3, -0.25) is 10.00 Å². The lowest BCUT2D eigenvalue weighted by atomic mass is 10.3. The fraction of sp³-hybridized carbons (Fsp3) is 0.238. The lowest BCUT2D eigenvalue weighted by Gasteiger charge is -2.11. The van der Waals surface area contributed by atoms with Crippen LogP contribution in [0.25, 0.3) is 0 Å². The van der Waals surface area contributed by atoms with Gasteiger partial charge in [0.05, 0.1) is 13.7 Å². The summed E-state index contributed by atoms with van der Waals surface area (Å²) in [5.74, 6) is 2.41. The zero-order valence-corrected chi connectivity index (χ0v) is 16.8. The van der Waals surface area contributed by atoms with Gasteiger partial charge < -0.3 is 19.7 Å². The van der Waals surface area contributed by atoms with Gasteiger partial charge in [-0.15, -0.1) is 0 Å². The van der Waals surface area contributed by atoms with Gasteiger partial charge in [0.2, 0.25) is 0 Å². The third-order valence-corrected chi connectivity index (χ3v) is 4.07. The normalized spacial score (nSPS) is 10.6. The average molecular weight is 395 g/mol. The predicted molar refractivity (Wildman–Crippen MR) is 113 cm³/mol. The maximum Gasteiger partial charge on any atom is 0.324 e. The van der Waals surface area contributed by atoms with Crippen molar-refractivity contribution < 1.29 is 14.3 Å². The van der Waals surface area contributed by atoms with E-state index in [0.29, 0.717) is 28.8 Å². The average Bonchev–Trinajstić information content (AvgIpc) is 3.15. The molecule has 29 heavy (non-hydrogen) atoms. The lowest BCUT2D eigenvalue weighted by molar-refractivity contribution is 0.262. The molecule has 3 aromatic rings. The Kier molecular flexibility index (Phi) is 6.70. The fourth-order valence-electron chi connectivity index (χ4n) is 2.57. The molecule has 8 nitrogen and oxygen atoms in total. The van der Waals surface area contributed by atoms with Crippen molar-refractivity contribution in [2.24, 2.45) is 0 Å². The third-order valence-electron chi connectivity index (χ3n) is 4.07. The number of aromatic nitrogens is 2. The molecule has 0 fully saturated rings. The summed E-state index contributed by atoms with van der Waals surface area (Å²) in [6.45, 7) is 1.63. The molecule has 0 spiro atoms. The van der Waals surface area contributed by atoms with Crippen LogP contribution in [-0.2, 0) is 6.54 Å². The number of likely N-dealkylation sites (N-methyl/N-ethyl adjacent to an activating group) is 1. The minimum Gasteiger partial charge on any atom is -0.493 e. The van der Waals surface area contributed by atoms with E-state index in [9.17, 15) is 4.79 Å². The quantitative estimate of drug-likeness (QED) is 0.605. The highest BCUT2D eigenvalue weighted by Gasteiger charge is 2.07. The lowest BCUT2D eigenvalue weighted by Crippen LogP contribution is -2.21. The van der Waals surface area contributed by atoms with Crippen molar-refractivity contribution in [3.05, 3.63) is 60.8 Å². The van der Waals surface area contributed by atoms with Crippen LogP contribution < -0.4 is 20.1 Å². The molecule has 1 heterocycles. The van der Waals surface area contributed by atoms with Crippen molar-refractivity contribution in [1.29, 1.82) is 0 Å². The maximum absolute atomic E-state index is 12.2. The number of carbonyl (C=O) groups excluding carboxylic acids is 1. The molecule has 0 saturated carbocycles. The zero-order chi connectivity index (χ0) is 20.6. The molecule has 8 heteroatoms. The van der Waals surface area contributed by atoms with Gasteiger partial charge in [0.15, 0.2) is 17.3 Å². The molecule has 0 radical (unpaired) electrons. The molecule has 0 atom stereocenters. The molecule has 3 rings (SSSR count). The van der Waals surface area contributed by atoms with Crippen LogP contribution in [0.5, 0.6) is 17.2 Å². The minimum atomic E-state index is -0.360. The molecule has 0 unspecified atom stereocenters. The number of nitrogens with one attached hydrogen (secondary N) is 2. The number of anilines is 2. The largest absolute Gasteiger partial charge is 0.493 e. The molecule has 0 saturated heterocycles. The van der Waals surface area contributed by atoms with Crippen LogP contribution in [0.1, 0.15) is 0 Å². The van der Waals surface area contributed by atoms with Gasteiger partial charge in [-0.1, -0.05) is 12.1 Å². The van der Waals surface area contributed by atoms with E-state index in [1.165, 1.54) is 0 Å². The Bertz CT molecular complexity index is 937. The molecule has 2 aromatic carbocycles. The topological polar surface area (TPSA) is 80.7 Å². The van der Waals surface area contributed by atoms with E-state index in [1.807, 2.05) is 44.6 Å². The van der Waals surface area contributed by atoms with E-state index in [0.717, 1.165) is 13.1 Å². The van der Waals surface area contributed by atoms with Crippen LogP contribution in [0.2, 0.25) is 0 Å². The highest BCUT2D eigenvalue weighted by Crippen LogP contribution is 2.31. The van der Waals surface area contributed by atoms with E-state index in [1.54, 1.807) is 42.1 Å². The fourth-order valence-corrected chi connectivity index (χ4v) is 2.57. The number of hydrogen-bond acceptors (Lipinski definition) is 5. The Morgan fingerprint density at radius 3 is 2.45 bits per heavy atom. The van der Waals surface area contributed by atoms with E-state index < -0.39 is 0 Å². The molecule has 0 bridgehead atoms. The molecule has 0 aliphatic carbocycles. The standard InChI is InChI=1S/C21H25N5O3/c1-25(2)14-15-26-13-12-20(24-26)23-21(27)22-16-8-10-17(11-9-16)29-19-7-5-4-6-18(19)28-3/h4-13H,14-15H2,1-3H3,(H2,22,23,24,27). The van der Waals surface area contributed by atoms with Crippen LogP contribution >= 0.6 is 0 Å². The molecule has 0 aliphatic heterocycles. The van der Waals surface area contributed by atoms with Crippen LogP contribution in [-0.4, -0.2) is 48.5 Å². The monoisotopic (exact) mass is 395 g/mol. The summed E-state index contributed by atoms with van der Waals surface area (Å²) in [7, 11) is 5.60. The SMILES string of the molecule is COc1ccccc1Oc1ccc(NC(=O)Nc2ccn(CCN(C)C)n2)cc1. The highest BCUT2D eigenvalue weighted by atomic mass is 16.5. The summed E-state index contributed by atoms with van der Waals surface area (Å²) in [5, 5.41) is 9.83. The Balaban J connectivity index is 1.53. The smallest absolute Gasteiger partial charge is 0.324 e. The van der Waals surface area contributed by atoms with Gasteiger partial charge in [0.1, 0.15) is 5.75 Å². The van der Waals surface area contributed by atoms with Crippen LogP contribution in [0, 0.1) is 0 Å². The summed E-state index contributed by atoms with van der Waals surface area (Å²) in [5.41, 5.74) is 0.641. The molecule has 2 amide bonds. The van der Waals surface area contributed by atoms with Gasteiger partial charge in [0, 0.05) is 24.5 Å². The predicted octanol–water partition coefficient (Wildman–Crippen LogP) is 3.89. The third kappa shape index (κ3) is 5.98. The molecular formula is C21H25N5O3. The number of urea groups is 1. The summed E-state index contributed by atoms with van der Waals surface area (Å²) in [4.78, 5) is 14.3. The number of rotatable bonds is 8. The van der Waals surface area contributed by atoms with Gasteiger partial charge in [-0.25, -0.2) is 4.79 Å². The summed E-state index contributed by atoms with van der Waals surface area (Å²) in [6, 6.07) is 15.9. The van der Waals surface area contributed by atoms with E-state index >= 15 is 0 Å². The number of carbonyl (C=O) groups is 1. The number of amides is 2. The minimum absolute atomic E-state index is 0.360. The van der Waals surface area contributed by atoms with E-state index in [4.69, 9.17) is 9.47 Å². The summed E-state index contributed by atoms with van der Waals surface area (Å²) in [6.07, 6.45) is 1.84. The van der Waals surface area contributed by atoms with Gasteiger partial charge in [-0.2, -0.15) is 5.10 Å².